The Morgan fingerprint density at radius 3 is 2.62 bits per heavy atom. The highest BCUT2D eigenvalue weighted by Crippen LogP contribution is 2.29. The quantitative estimate of drug-likeness (QED) is 0.932. The highest BCUT2D eigenvalue weighted by molar-refractivity contribution is 7.92. The molecule has 0 aliphatic rings. The Hall–Kier alpha value is -1.79. The van der Waals surface area contributed by atoms with Gasteiger partial charge in [-0.05, 0) is 42.8 Å². The fourth-order valence-corrected chi connectivity index (χ4v) is 3.26. The van der Waals surface area contributed by atoms with Crippen molar-refractivity contribution in [3.05, 3.63) is 52.8 Å². The van der Waals surface area contributed by atoms with Crippen molar-refractivity contribution in [3.63, 3.8) is 0 Å². The minimum atomic E-state index is -3.99. The van der Waals surface area contributed by atoms with Crippen LogP contribution in [-0.4, -0.2) is 15.5 Å². The fraction of sp³-hybridized carbons (Fsp3) is 0.143. The molecule has 2 aromatic rings. The third-order valence-corrected chi connectivity index (χ3v) is 4.72. The van der Waals surface area contributed by atoms with E-state index in [2.05, 4.69) is 4.72 Å². The first-order valence-corrected chi connectivity index (χ1v) is 7.83. The van der Waals surface area contributed by atoms with E-state index in [9.17, 15) is 12.8 Å². The maximum atomic E-state index is 13.3. The summed E-state index contributed by atoms with van der Waals surface area (Å²) in [4.78, 5) is -0.274. The third kappa shape index (κ3) is 3.28. The largest absolute Gasteiger partial charge is 0.495 e. The lowest BCUT2D eigenvalue weighted by Gasteiger charge is -2.13. The topological polar surface area (TPSA) is 55.4 Å². The highest BCUT2D eigenvalue weighted by atomic mass is 35.5. The molecule has 21 heavy (non-hydrogen) atoms. The number of benzene rings is 2. The van der Waals surface area contributed by atoms with E-state index in [0.717, 1.165) is 12.1 Å². The monoisotopic (exact) mass is 329 g/mol. The molecule has 4 nitrogen and oxygen atoms in total. The van der Waals surface area contributed by atoms with E-state index >= 15 is 0 Å². The minimum absolute atomic E-state index is 0.0589. The van der Waals surface area contributed by atoms with Crippen LogP contribution in [0.4, 0.5) is 10.1 Å². The van der Waals surface area contributed by atoms with Gasteiger partial charge in [0.2, 0.25) is 0 Å². The zero-order valence-electron chi connectivity index (χ0n) is 11.4. The van der Waals surface area contributed by atoms with Crippen LogP contribution in [0.3, 0.4) is 0 Å². The number of methoxy groups -OCH3 is 1. The fourth-order valence-electron chi connectivity index (χ4n) is 1.78. The zero-order chi connectivity index (χ0) is 15.6. The zero-order valence-corrected chi connectivity index (χ0v) is 12.9. The molecular formula is C14H13ClFNO3S. The van der Waals surface area contributed by atoms with Crippen molar-refractivity contribution < 1.29 is 17.5 Å². The molecule has 0 bridgehead atoms. The van der Waals surface area contributed by atoms with Gasteiger partial charge in [0.15, 0.2) is 0 Å². The van der Waals surface area contributed by atoms with Crippen LogP contribution in [0.1, 0.15) is 5.56 Å². The maximum Gasteiger partial charge on any atom is 0.265 e. The molecule has 0 radical (unpaired) electrons. The molecule has 0 saturated heterocycles. The number of hydrogen-bond donors (Lipinski definition) is 1. The maximum absolute atomic E-state index is 13.3. The van der Waals surface area contributed by atoms with Crippen LogP contribution in [0.2, 0.25) is 5.02 Å². The number of ether oxygens (including phenoxy) is 1. The SMILES string of the molecule is COc1ccc(F)cc1S(=O)(=O)Nc1cccc(Cl)c1C. The second kappa shape index (κ2) is 5.91. The lowest BCUT2D eigenvalue weighted by atomic mass is 10.2. The molecular weight excluding hydrogens is 317 g/mol. The van der Waals surface area contributed by atoms with Gasteiger partial charge in [-0.25, -0.2) is 12.8 Å². The summed E-state index contributed by atoms with van der Waals surface area (Å²) in [6.07, 6.45) is 0. The number of sulfonamides is 1. The van der Waals surface area contributed by atoms with E-state index in [1.807, 2.05) is 0 Å². The van der Waals surface area contributed by atoms with E-state index in [0.29, 0.717) is 16.3 Å². The van der Waals surface area contributed by atoms with Crippen molar-refractivity contribution in [1.82, 2.24) is 0 Å². The van der Waals surface area contributed by atoms with Gasteiger partial charge in [0.05, 0.1) is 12.8 Å². The van der Waals surface area contributed by atoms with Gasteiger partial charge in [-0.2, -0.15) is 0 Å². The van der Waals surface area contributed by atoms with Gasteiger partial charge in [0, 0.05) is 5.02 Å². The highest BCUT2D eigenvalue weighted by Gasteiger charge is 2.21. The molecule has 0 atom stereocenters. The summed E-state index contributed by atoms with van der Waals surface area (Å²) in [6.45, 7) is 1.68. The second-order valence-electron chi connectivity index (χ2n) is 4.31. The number of rotatable bonds is 4. The van der Waals surface area contributed by atoms with Gasteiger partial charge in [-0.3, -0.25) is 4.72 Å². The molecule has 0 heterocycles. The molecule has 0 spiro atoms. The van der Waals surface area contributed by atoms with Gasteiger partial charge in [-0.15, -0.1) is 0 Å². The van der Waals surface area contributed by atoms with Crippen LogP contribution in [0.15, 0.2) is 41.3 Å². The Kier molecular flexibility index (Phi) is 4.39. The summed E-state index contributed by atoms with van der Waals surface area (Å²) in [7, 11) is -2.68. The van der Waals surface area contributed by atoms with Crippen LogP contribution in [0.5, 0.6) is 5.75 Å². The first kappa shape index (κ1) is 15.6. The molecule has 0 aliphatic carbocycles. The van der Waals surface area contributed by atoms with Crippen molar-refractivity contribution in [2.75, 3.05) is 11.8 Å². The first-order chi connectivity index (χ1) is 9.85. The molecule has 112 valence electrons. The van der Waals surface area contributed by atoms with Gasteiger partial charge >= 0.3 is 0 Å². The van der Waals surface area contributed by atoms with E-state index < -0.39 is 15.8 Å². The molecule has 7 heteroatoms. The second-order valence-corrected chi connectivity index (χ2v) is 6.37. The van der Waals surface area contributed by atoms with Crippen molar-refractivity contribution in [2.45, 2.75) is 11.8 Å². The Bertz CT molecular complexity index is 778. The molecule has 0 aromatic heterocycles. The van der Waals surface area contributed by atoms with E-state index in [4.69, 9.17) is 16.3 Å². The van der Waals surface area contributed by atoms with Crippen LogP contribution < -0.4 is 9.46 Å². The van der Waals surface area contributed by atoms with Gasteiger partial charge in [0.25, 0.3) is 10.0 Å². The number of halogens is 2. The predicted molar refractivity (Wildman–Crippen MR) is 79.9 cm³/mol. The third-order valence-electron chi connectivity index (χ3n) is 2.93. The Balaban J connectivity index is 2.48. The number of anilines is 1. The summed E-state index contributed by atoms with van der Waals surface area (Å²) >= 11 is 5.95. The van der Waals surface area contributed by atoms with Crippen molar-refractivity contribution in [2.24, 2.45) is 0 Å². The summed E-state index contributed by atoms with van der Waals surface area (Å²) in [5.41, 5.74) is 0.909. The summed E-state index contributed by atoms with van der Waals surface area (Å²) in [6, 6.07) is 8.14. The normalized spacial score (nSPS) is 11.2. The average Bonchev–Trinajstić information content (AvgIpc) is 2.44. The van der Waals surface area contributed by atoms with E-state index in [1.165, 1.54) is 13.2 Å². The predicted octanol–water partition coefficient (Wildman–Crippen LogP) is 3.60. The first-order valence-electron chi connectivity index (χ1n) is 5.96. The number of hydrogen-bond acceptors (Lipinski definition) is 3. The smallest absolute Gasteiger partial charge is 0.265 e. The summed E-state index contributed by atoms with van der Waals surface area (Å²) < 4.78 is 45.5. The molecule has 1 N–H and O–H groups in total. The summed E-state index contributed by atoms with van der Waals surface area (Å²) in [5.74, 6) is -0.609. The van der Waals surface area contributed by atoms with Crippen molar-refractivity contribution >= 4 is 27.3 Å². The molecule has 2 rings (SSSR count). The van der Waals surface area contributed by atoms with Gasteiger partial charge in [0.1, 0.15) is 16.5 Å². The number of nitrogens with one attached hydrogen (secondary N) is 1. The van der Waals surface area contributed by atoms with Crippen LogP contribution in [0.25, 0.3) is 0 Å². The van der Waals surface area contributed by atoms with Gasteiger partial charge < -0.3 is 4.74 Å². The molecule has 0 fully saturated rings. The molecule has 0 unspecified atom stereocenters. The van der Waals surface area contributed by atoms with Crippen molar-refractivity contribution in [1.29, 1.82) is 0 Å². The van der Waals surface area contributed by atoms with Crippen LogP contribution in [-0.2, 0) is 10.0 Å². The average molecular weight is 330 g/mol. The van der Waals surface area contributed by atoms with E-state index in [1.54, 1.807) is 25.1 Å². The standard InChI is InChI=1S/C14H13ClFNO3S/c1-9-11(15)4-3-5-12(9)17-21(18,19)14-8-10(16)6-7-13(14)20-2/h3-8,17H,1-2H3. The van der Waals surface area contributed by atoms with Crippen molar-refractivity contribution in [3.8, 4) is 5.75 Å². The van der Waals surface area contributed by atoms with E-state index in [-0.39, 0.29) is 10.6 Å². The molecule has 0 aliphatic heterocycles. The minimum Gasteiger partial charge on any atom is -0.495 e. The lowest BCUT2D eigenvalue weighted by molar-refractivity contribution is 0.401. The molecule has 0 saturated carbocycles. The van der Waals surface area contributed by atoms with Gasteiger partial charge in [-0.1, -0.05) is 17.7 Å². The van der Waals surface area contributed by atoms with Crippen LogP contribution >= 0.6 is 11.6 Å². The molecule has 0 amide bonds. The summed E-state index contributed by atoms with van der Waals surface area (Å²) in [5, 5.41) is 0.432. The Morgan fingerprint density at radius 1 is 1.24 bits per heavy atom. The Morgan fingerprint density at radius 2 is 1.95 bits per heavy atom. The Labute approximate surface area is 127 Å². The lowest BCUT2D eigenvalue weighted by Crippen LogP contribution is -2.15. The van der Waals surface area contributed by atoms with Crippen LogP contribution in [0, 0.1) is 12.7 Å². The molecule has 2 aromatic carbocycles.